The number of nitrogens with zero attached hydrogens (tertiary/aromatic N) is 2. The monoisotopic (exact) mass is 531 g/mol. The topological polar surface area (TPSA) is 96.0 Å². The number of amides is 2. The number of sulfonamides is 1. The molecule has 0 aliphatic heterocycles. The van der Waals surface area contributed by atoms with Crippen molar-refractivity contribution >= 4 is 27.5 Å². The van der Waals surface area contributed by atoms with Gasteiger partial charge in [-0.25, -0.2) is 8.42 Å². The Kier molecular flexibility index (Phi) is 11.4. The minimum atomic E-state index is -3.61. The number of aryl methyl sites for hydroxylation is 1. The highest BCUT2D eigenvalue weighted by atomic mass is 32.2. The maximum absolute atomic E-state index is 13.5. The number of carbonyl (C=O) groups is 2. The van der Waals surface area contributed by atoms with E-state index < -0.39 is 16.1 Å². The summed E-state index contributed by atoms with van der Waals surface area (Å²) in [6.45, 7) is 8.87. The fourth-order valence-corrected chi connectivity index (χ4v) is 5.02. The first-order valence-corrected chi connectivity index (χ1v) is 14.6. The Bertz CT molecular complexity index is 1130. The van der Waals surface area contributed by atoms with Crippen LogP contribution in [0.15, 0.2) is 48.5 Å². The molecule has 0 radical (unpaired) electrons. The van der Waals surface area contributed by atoms with Crippen LogP contribution in [0.5, 0.6) is 5.75 Å². The molecule has 2 aromatic carbocycles. The van der Waals surface area contributed by atoms with E-state index in [1.54, 1.807) is 29.2 Å². The van der Waals surface area contributed by atoms with E-state index in [-0.39, 0.29) is 24.8 Å². The molecule has 0 aliphatic rings. The summed E-state index contributed by atoms with van der Waals surface area (Å²) in [7, 11) is -2.12. The average Bonchev–Trinajstić information content (AvgIpc) is 2.85. The van der Waals surface area contributed by atoms with Gasteiger partial charge in [-0.1, -0.05) is 62.7 Å². The number of hydrogen-bond donors (Lipinski definition) is 1. The summed E-state index contributed by atoms with van der Waals surface area (Å²) in [4.78, 5) is 28.2. The van der Waals surface area contributed by atoms with Crippen molar-refractivity contribution in [1.82, 2.24) is 10.2 Å². The Hall–Kier alpha value is -3.07. The number of hydrogen-bond acceptors (Lipinski definition) is 5. The molecule has 0 aliphatic carbocycles. The first-order chi connectivity index (χ1) is 17.5. The maximum atomic E-state index is 13.5. The Morgan fingerprint density at radius 2 is 1.70 bits per heavy atom. The van der Waals surface area contributed by atoms with Gasteiger partial charge in [-0.05, 0) is 43.4 Å². The van der Waals surface area contributed by atoms with Gasteiger partial charge in [-0.15, -0.1) is 0 Å². The second-order valence-electron chi connectivity index (χ2n) is 9.68. The Morgan fingerprint density at radius 1 is 1.05 bits per heavy atom. The number of nitrogens with one attached hydrogen (secondary N) is 1. The summed E-state index contributed by atoms with van der Waals surface area (Å²) >= 11 is 0. The van der Waals surface area contributed by atoms with Gasteiger partial charge in [-0.3, -0.25) is 13.9 Å². The SMILES string of the molecule is CC[C@@H](C(=O)NCC(C)C)N(Cc1ccc(C)cc1)C(=O)CCCN(c1ccccc1OC)S(C)(=O)=O. The lowest BCUT2D eigenvalue weighted by molar-refractivity contribution is -0.141. The molecule has 1 N–H and O–H groups in total. The van der Waals surface area contributed by atoms with Crippen molar-refractivity contribution in [2.45, 2.75) is 59.5 Å². The summed E-state index contributed by atoms with van der Waals surface area (Å²) in [5, 5.41) is 2.96. The molecule has 0 saturated heterocycles. The van der Waals surface area contributed by atoms with Crippen LogP contribution in [0.4, 0.5) is 5.69 Å². The molecular formula is C28H41N3O5S. The van der Waals surface area contributed by atoms with Crippen molar-refractivity contribution in [3.05, 3.63) is 59.7 Å². The summed E-state index contributed by atoms with van der Waals surface area (Å²) in [6.07, 6.45) is 1.99. The van der Waals surface area contributed by atoms with E-state index in [2.05, 4.69) is 5.32 Å². The van der Waals surface area contributed by atoms with Crippen LogP contribution >= 0.6 is 0 Å². The molecule has 0 fully saturated rings. The first kappa shape index (κ1) is 30.2. The van der Waals surface area contributed by atoms with E-state index in [0.717, 1.165) is 17.4 Å². The second-order valence-corrected chi connectivity index (χ2v) is 11.6. The van der Waals surface area contributed by atoms with Gasteiger partial charge in [0.2, 0.25) is 21.8 Å². The molecule has 0 aromatic heterocycles. The molecule has 37 heavy (non-hydrogen) atoms. The number of para-hydroxylation sites is 2. The summed E-state index contributed by atoms with van der Waals surface area (Å²) < 4.78 is 31.8. The third-order valence-corrected chi connectivity index (χ3v) is 7.23. The molecule has 1 atom stereocenters. The van der Waals surface area contributed by atoms with Gasteiger partial charge in [-0.2, -0.15) is 0 Å². The van der Waals surface area contributed by atoms with E-state index in [1.807, 2.05) is 52.0 Å². The summed E-state index contributed by atoms with van der Waals surface area (Å²) in [5.74, 6) is 0.358. The number of methoxy groups -OCH3 is 1. The predicted molar refractivity (Wildman–Crippen MR) is 148 cm³/mol. The van der Waals surface area contributed by atoms with Crippen LogP contribution in [0.3, 0.4) is 0 Å². The fraction of sp³-hybridized carbons (Fsp3) is 0.500. The molecule has 2 rings (SSSR count). The van der Waals surface area contributed by atoms with Gasteiger partial charge in [0.1, 0.15) is 11.8 Å². The molecule has 2 aromatic rings. The predicted octanol–water partition coefficient (Wildman–Crippen LogP) is 4.13. The smallest absolute Gasteiger partial charge is 0.242 e. The largest absolute Gasteiger partial charge is 0.495 e. The minimum Gasteiger partial charge on any atom is -0.495 e. The van der Waals surface area contributed by atoms with Crippen LogP contribution in [0.1, 0.15) is 51.2 Å². The quantitative estimate of drug-likeness (QED) is 0.396. The Morgan fingerprint density at radius 3 is 2.27 bits per heavy atom. The highest BCUT2D eigenvalue weighted by Crippen LogP contribution is 2.29. The Balaban J connectivity index is 2.23. The van der Waals surface area contributed by atoms with Gasteiger partial charge in [0, 0.05) is 26.1 Å². The highest BCUT2D eigenvalue weighted by Gasteiger charge is 2.29. The van der Waals surface area contributed by atoms with E-state index in [1.165, 1.54) is 11.4 Å². The zero-order valence-corrected chi connectivity index (χ0v) is 23.7. The zero-order chi connectivity index (χ0) is 27.6. The molecule has 0 unspecified atom stereocenters. The van der Waals surface area contributed by atoms with E-state index in [9.17, 15) is 18.0 Å². The van der Waals surface area contributed by atoms with Crippen LogP contribution in [0, 0.1) is 12.8 Å². The van der Waals surface area contributed by atoms with Crippen molar-refractivity contribution in [1.29, 1.82) is 0 Å². The van der Waals surface area contributed by atoms with Crippen molar-refractivity contribution in [3.8, 4) is 5.75 Å². The van der Waals surface area contributed by atoms with Gasteiger partial charge < -0.3 is 15.0 Å². The third-order valence-electron chi connectivity index (χ3n) is 6.05. The van der Waals surface area contributed by atoms with Crippen molar-refractivity contribution < 1.29 is 22.7 Å². The van der Waals surface area contributed by atoms with Gasteiger partial charge in [0.15, 0.2) is 0 Å². The van der Waals surface area contributed by atoms with Crippen molar-refractivity contribution in [3.63, 3.8) is 0 Å². The lowest BCUT2D eigenvalue weighted by atomic mass is 10.1. The summed E-state index contributed by atoms with van der Waals surface area (Å²) in [6, 6.07) is 14.2. The Labute approximate surface area is 222 Å². The van der Waals surface area contributed by atoms with Crippen LogP contribution in [-0.4, -0.2) is 57.6 Å². The summed E-state index contributed by atoms with van der Waals surface area (Å²) in [5.41, 5.74) is 2.47. The maximum Gasteiger partial charge on any atom is 0.242 e. The first-order valence-electron chi connectivity index (χ1n) is 12.7. The van der Waals surface area contributed by atoms with Crippen molar-refractivity contribution in [2.75, 3.05) is 30.8 Å². The van der Waals surface area contributed by atoms with Gasteiger partial charge in [0.25, 0.3) is 0 Å². The molecule has 0 saturated carbocycles. The van der Waals surface area contributed by atoms with Crippen LogP contribution in [0.25, 0.3) is 0 Å². The molecule has 0 spiro atoms. The molecule has 9 heteroatoms. The van der Waals surface area contributed by atoms with Gasteiger partial charge >= 0.3 is 0 Å². The van der Waals surface area contributed by atoms with Crippen molar-refractivity contribution in [2.24, 2.45) is 5.92 Å². The van der Waals surface area contributed by atoms with E-state index in [0.29, 0.717) is 43.3 Å². The van der Waals surface area contributed by atoms with Crippen LogP contribution < -0.4 is 14.4 Å². The fourth-order valence-electron chi connectivity index (χ4n) is 4.05. The lowest BCUT2D eigenvalue weighted by Crippen LogP contribution is -2.49. The molecule has 0 heterocycles. The molecule has 8 nitrogen and oxygen atoms in total. The number of benzene rings is 2. The average molecular weight is 532 g/mol. The number of ether oxygens (including phenoxy) is 1. The minimum absolute atomic E-state index is 0.0982. The molecular weight excluding hydrogens is 490 g/mol. The second kappa shape index (κ2) is 14.0. The van der Waals surface area contributed by atoms with Crippen LogP contribution in [0.2, 0.25) is 0 Å². The third kappa shape index (κ3) is 9.07. The molecule has 204 valence electrons. The van der Waals surface area contributed by atoms with E-state index >= 15 is 0 Å². The van der Waals surface area contributed by atoms with E-state index in [4.69, 9.17) is 4.74 Å². The lowest BCUT2D eigenvalue weighted by Gasteiger charge is -2.31. The molecule has 0 bridgehead atoms. The molecule has 2 amide bonds. The highest BCUT2D eigenvalue weighted by molar-refractivity contribution is 7.92. The van der Waals surface area contributed by atoms with Gasteiger partial charge in [0.05, 0.1) is 19.1 Å². The number of rotatable bonds is 14. The number of anilines is 1. The normalized spacial score (nSPS) is 12.2. The van der Waals surface area contributed by atoms with Crippen LogP contribution in [-0.2, 0) is 26.2 Å². The number of carbonyl (C=O) groups excluding carboxylic acids is 2. The zero-order valence-electron chi connectivity index (χ0n) is 22.9. The standard InChI is InChI=1S/C28H41N3O5S/c1-7-24(28(33)29-19-21(2)3)30(20-23-16-14-22(4)15-17-23)27(32)13-10-18-31(37(6,34)35)25-11-8-9-12-26(25)36-5/h8-9,11-12,14-17,21,24H,7,10,13,18-20H2,1-6H3,(H,29,33)/t24-/m0/s1.